The number of alkyl halides is 4. The molecule has 0 bridgehead atoms. The Morgan fingerprint density at radius 1 is 1.47 bits per heavy atom. The van der Waals surface area contributed by atoms with Gasteiger partial charge < -0.3 is 4.74 Å². The van der Waals surface area contributed by atoms with E-state index in [2.05, 4.69) is 9.72 Å². The van der Waals surface area contributed by atoms with Crippen LogP contribution in [0.25, 0.3) is 0 Å². The third-order valence-electron chi connectivity index (χ3n) is 1.52. The van der Waals surface area contributed by atoms with E-state index < -0.39 is 18.8 Å². The molecule has 0 aromatic carbocycles. The van der Waals surface area contributed by atoms with Gasteiger partial charge in [0.2, 0.25) is 0 Å². The molecule has 0 N–H and O–H groups in total. The number of aromatic nitrogens is 1. The maximum atomic E-state index is 12.5. The third-order valence-corrected chi connectivity index (χ3v) is 2.41. The summed E-state index contributed by atoms with van der Waals surface area (Å²) in [7, 11) is 0. The van der Waals surface area contributed by atoms with Gasteiger partial charge in [0, 0.05) is 11.8 Å². The normalized spacial score (nSPS) is 11.6. The van der Waals surface area contributed by atoms with E-state index in [4.69, 9.17) is 0 Å². The molecule has 1 heterocycles. The van der Waals surface area contributed by atoms with E-state index >= 15 is 0 Å². The van der Waals surface area contributed by atoms with Gasteiger partial charge in [-0.3, -0.25) is 0 Å². The molecule has 0 fully saturated rings. The number of ether oxygens (including phenoxy) is 1. The minimum absolute atomic E-state index is 0.175. The molecule has 0 aliphatic carbocycles. The number of aryl methyl sites for hydroxylation is 1. The Labute approximate surface area is 96.8 Å². The summed E-state index contributed by atoms with van der Waals surface area (Å²) in [5.74, 6) is -0.526. The zero-order chi connectivity index (χ0) is 11.6. The van der Waals surface area contributed by atoms with Crippen LogP contribution in [0.4, 0.5) is 17.6 Å². The summed E-state index contributed by atoms with van der Waals surface area (Å²) < 4.78 is 52.2. The summed E-state index contributed by atoms with van der Waals surface area (Å²) in [4.78, 5) is 3.83. The van der Waals surface area contributed by atoms with E-state index in [1.54, 1.807) is 22.6 Å². The van der Waals surface area contributed by atoms with Crippen molar-refractivity contribution in [1.82, 2.24) is 4.98 Å². The van der Waals surface area contributed by atoms with Gasteiger partial charge >= 0.3 is 6.36 Å². The van der Waals surface area contributed by atoms with Gasteiger partial charge in [0.1, 0.15) is 16.1 Å². The van der Waals surface area contributed by atoms with E-state index in [0.717, 1.165) is 6.07 Å². The fraction of sp³-hybridized carbons (Fsp3) is 0.375. The molecule has 1 aromatic rings. The summed E-state index contributed by atoms with van der Waals surface area (Å²) in [5, 5.41) is 0. The number of nitrogens with zero attached hydrogens (tertiary/aromatic N) is 1. The number of pyridine rings is 1. The van der Waals surface area contributed by atoms with E-state index in [0.29, 0.717) is 5.69 Å². The van der Waals surface area contributed by atoms with Crippen molar-refractivity contribution >= 4 is 22.6 Å². The van der Waals surface area contributed by atoms with E-state index in [9.17, 15) is 17.6 Å². The first kappa shape index (κ1) is 12.5. The van der Waals surface area contributed by atoms with Crippen LogP contribution in [-0.4, -0.2) is 11.3 Å². The summed E-state index contributed by atoms with van der Waals surface area (Å²) in [5.41, 5.74) is 0.161. The minimum Gasteiger partial charge on any atom is -0.405 e. The van der Waals surface area contributed by atoms with Gasteiger partial charge in [-0.05, 0) is 29.5 Å². The number of hydrogen-bond acceptors (Lipinski definition) is 2. The topological polar surface area (TPSA) is 22.1 Å². The Morgan fingerprint density at radius 3 is 2.53 bits per heavy atom. The fourth-order valence-corrected chi connectivity index (χ4v) is 1.76. The molecule has 0 spiro atoms. The van der Waals surface area contributed by atoms with Crippen LogP contribution in [0.1, 0.15) is 11.3 Å². The molecule has 15 heavy (non-hydrogen) atoms. The minimum atomic E-state index is -4.82. The van der Waals surface area contributed by atoms with Gasteiger partial charge in [0.25, 0.3) is 0 Å². The molecule has 0 aliphatic heterocycles. The lowest BCUT2D eigenvalue weighted by molar-refractivity contribution is -0.275. The Bertz CT molecular complexity index is 366. The third kappa shape index (κ3) is 3.47. The maximum Gasteiger partial charge on any atom is 0.573 e. The van der Waals surface area contributed by atoms with Crippen LogP contribution in [-0.2, 0) is 6.67 Å². The van der Waals surface area contributed by atoms with E-state index in [-0.39, 0.29) is 9.26 Å². The van der Waals surface area contributed by atoms with Crippen LogP contribution < -0.4 is 4.74 Å². The smallest absolute Gasteiger partial charge is 0.405 e. The molecule has 2 nitrogen and oxygen atoms in total. The van der Waals surface area contributed by atoms with Crippen molar-refractivity contribution in [3.05, 3.63) is 21.0 Å². The maximum absolute atomic E-state index is 12.5. The standard InChI is InChI=1S/C8H6F4INO/c1-4-2-6(15-8(10,11)12)5(3-9)7(13)14-4/h2H,3H2,1H3. The molecule has 7 heteroatoms. The molecule has 1 rings (SSSR count). The molecule has 0 aliphatic rings. The fourth-order valence-electron chi connectivity index (χ4n) is 0.970. The SMILES string of the molecule is Cc1cc(OC(F)(F)F)c(CF)c(I)n1. The van der Waals surface area contributed by atoms with Crippen LogP contribution in [0.15, 0.2) is 6.07 Å². The molecule has 0 radical (unpaired) electrons. The average Bonchev–Trinajstić information content (AvgIpc) is 1.99. The zero-order valence-corrected chi connectivity index (χ0v) is 9.69. The first-order chi connectivity index (χ1) is 6.83. The summed E-state index contributed by atoms with van der Waals surface area (Å²) >= 11 is 1.66. The zero-order valence-electron chi connectivity index (χ0n) is 7.53. The van der Waals surface area contributed by atoms with Gasteiger partial charge in [-0.15, -0.1) is 13.2 Å². The molecule has 84 valence electrons. The highest BCUT2D eigenvalue weighted by Gasteiger charge is 2.32. The van der Waals surface area contributed by atoms with Gasteiger partial charge in [0.05, 0.1) is 5.56 Å². The summed E-state index contributed by atoms with van der Waals surface area (Å²) in [6, 6.07) is 1.06. The van der Waals surface area contributed by atoms with Crippen LogP contribution >= 0.6 is 22.6 Å². The van der Waals surface area contributed by atoms with Gasteiger partial charge in [-0.1, -0.05) is 0 Å². The van der Waals surface area contributed by atoms with E-state index in [1.807, 2.05) is 0 Å². The lowest BCUT2D eigenvalue weighted by Gasteiger charge is -2.13. The molecule has 0 saturated heterocycles. The first-order valence-electron chi connectivity index (χ1n) is 3.81. The Balaban J connectivity index is 3.15. The predicted octanol–water partition coefficient (Wildman–Crippen LogP) is 3.36. The highest BCUT2D eigenvalue weighted by atomic mass is 127. The molecule has 1 aromatic heterocycles. The molecule has 0 unspecified atom stereocenters. The van der Waals surface area contributed by atoms with Crippen LogP contribution in [0.5, 0.6) is 5.75 Å². The Kier molecular flexibility index (Phi) is 3.74. The largest absolute Gasteiger partial charge is 0.573 e. The number of hydrogen-bond donors (Lipinski definition) is 0. The average molecular weight is 335 g/mol. The predicted molar refractivity (Wildman–Crippen MR) is 53.2 cm³/mol. The number of halogens is 5. The number of rotatable bonds is 2. The van der Waals surface area contributed by atoms with Crippen molar-refractivity contribution in [2.45, 2.75) is 20.0 Å². The second-order valence-electron chi connectivity index (χ2n) is 2.71. The van der Waals surface area contributed by atoms with Gasteiger partial charge in [-0.25, -0.2) is 9.37 Å². The molecule has 0 saturated carbocycles. The summed E-state index contributed by atoms with van der Waals surface area (Å²) in [6.45, 7) is 0.463. The van der Waals surface area contributed by atoms with Gasteiger partial charge in [0.15, 0.2) is 0 Å². The molecular formula is C8H6F4INO. The lowest BCUT2D eigenvalue weighted by Crippen LogP contribution is -2.18. The quantitative estimate of drug-likeness (QED) is 0.470. The second-order valence-corrected chi connectivity index (χ2v) is 3.73. The van der Waals surface area contributed by atoms with Crippen LogP contribution in [0.3, 0.4) is 0 Å². The van der Waals surface area contributed by atoms with Crippen molar-refractivity contribution in [3.63, 3.8) is 0 Å². The van der Waals surface area contributed by atoms with Crippen molar-refractivity contribution < 1.29 is 22.3 Å². The summed E-state index contributed by atoms with van der Waals surface area (Å²) in [6.07, 6.45) is -4.82. The van der Waals surface area contributed by atoms with E-state index in [1.165, 1.54) is 6.92 Å². The molecule has 0 amide bonds. The second kappa shape index (κ2) is 4.50. The van der Waals surface area contributed by atoms with Crippen molar-refractivity contribution in [3.8, 4) is 5.75 Å². The van der Waals surface area contributed by atoms with Crippen LogP contribution in [0, 0.1) is 10.6 Å². The highest BCUT2D eigenvalue weighted by molar-refractivity contribution is 14.1. The highest BCUT2D eigenvalue weighted by Crippen LogP contribution is 2.29. The Hall–Kier alpha value is -0.600. The molecular weight excluding hydrogens is 329 g/mol. The lowest BCUT2D eigenvalue weighted by atomic mass is 10.2. The van der Waals surface area contributed by atoms with Crippen molar-refractivity contribution in [1.29, 1.82) is 0 Å². The van der Waals surface area contributed by atoms with Crippen molar-refractivity contribution in [2.75, 3.05) is 0 Å². The first-order valence-corrected chi connectivity index (χ1v) is 4.89. The monoisotopic (exact) mass is 335 g/mol. The van der Waals surface area contributed by atoms with Gasteiger partial charge in [-0.2, -0.15) is 0 Å². The molecule has 0 atom stereocenters. The Morgan fingerprint density at radius 2 is 2.07 bits per heavy atom. The van der Waals surface area contributed by atoms with Crippen LogP contribution in [0.2, 0.25) is 0 Å². The van der Waals surface area contributed by atoms with Crippen molar-refractivity contribution in [2.24, 2.45) is 0 Å².